The molecule has 7 nitrogen and oxygen atoms in total. The van der Waals surface area contributed by atoms with Gasteiger partial charge >= 0.3 is 0 Å². The van der Waals surface area contributed by atoms with Crippen molar-refractivity contribution in [3.63, 3.8) is 0 Å². The van der Waals surface area contributed by atoms with Gasteiger partial charge < -0.3 is 15.1 Å². The van der Waals surface area contributed by atoms with E-state index in [0.717, 1.165) is 45.2 Å². The fourth-order valence-electron chi connectivity index (χ4n) is 2.83. The normalized spacial score (nSPS) is 15.0. The minimum atomic E-state index is -0.165. The number of halogens is 2. The van der Waals surface area contributed by atoms with E-state index in [9.17, 15) is 4.39 Å². The summed E-state index contributed by atoms with van der Waals surface area (Å²) < 4.78 is 15.7. The van der Waals surface area contributed by atoms with Crippen molar-refractivity contribution in [2.45, 2.75) is 6.54 Å². The van der Waals surface area contributed by atoms with Gasteiger partial charge in [0, 0.05) is 39.8 Å². The van der Waals surface area contributed by atoms with Crippen LogP contribution in [-0.2, 0) is 6.54 Å². The highest BCUT2D eigenvalue weighted by atomic mass is 127. The third kappa shape index (κ3) is 5.03. The van der Waals surface area contributed by atoms with Crippen LogP contribution in [-0.4, -0.2) is 65.4 Å². The number of nitrogens with one attached hydrogen (secondary N) is 1. The van der Waals surface area contributed by atoms with Crippen LogP contribution >= 0.6 is 24.0 Å². The van der Waals surface area contributed by atoms with Crippen molar-refractivity contribution in [3.05, 3.63) is 42.7 Å². The van der Waals surface area contributed by atoms with Crippen LogP contribution in [0, 0.1) is 5.82 Å². The lowest BCUT2D eigenvalue weighted by molar-refractivity contribution is 0.369. The van der Waals surface area contributed by atoms with Gasteiger partial charge in [0.1, 0.15) is 18.5 Å². The summed E-state index contributed by atoms with van der Waals surface area (Å²) in [6.45, 7) is 4.60. The number of hydrogen-bond acceptors (Lipinski definition) is 4. The number of hydrogen-bond donors (Lipinski definition) is 1. The topological polar surface area (TPSA) is 61.6 Å². The standard InChI is InChI=1S/C16H22FN7.HI/c1-18-16(20-6-7-24-13-19-12-21-24)23-10-8-22(9-11-23)15-5-3-2-4-14(15)17;/h2-5,12-13H,6-11H2,1H3,(H,18,20);1H. The van der Waals surface area contributed by atoms with E-state index in [2.05, 4.69) is 30.2 Å². The summed E-state index contributed by atoms with van der Waals surface area (Å²) >= 11 is 0. The molecule has 0 amide bonds. The van der Waals surface area contributed by atoms with Crippen molar-refractivity contribution in [2.75, 3.05) is 44.7 Å². The lowest BCUT2D eigenvalue weighted by Gasteiger charge is -2.37. The van der Waals surface area contributed by atoms with E-state index in [0.29, 0.717) is 5.69 Å². The van der Waals surface area contributed by atoms with Crippen LogP contribution in [0.5, 0.6) is 0 Å². The molecule has 1 fully saturated rings. The summed E-state index contributed by atoms with van der Waals surface area (Å²) in [6.07, 6.45) is 3.22. The third-order valence-corrected chi connectivity index (χ3v) is 4.07. The Morgan fingerprint density at radius 2 is 2.00 bits per heavy atom. The highest BCUT2D eigenvalue weighted by Crippen LogP contribution is 2.20. The number of piperazine rings is 1. The van der Waals surface area contributed by atoms with Crippen molar-refractivity contribution < 1.29 is 4.39 Å². The first-order chi connectivity index (χ1) is 11.8. The molecular weight excluding hydrogens is 436 g/mol. The Hall–Kier alpha value is -1.91. The Bertz CT molecular complexity index is 669. The molecule has 136 valence electrons. The van der Waals surface area contributed by atoms with Crippen LogP contribution in [0.2, 0.25) is 0 Å². The molecule has 9 heteroatoms. The summed E-state index contributed by atoms with van der Waals surface area (Å²) in [7, 11) is 1.78. The van der Waals surface area contributed by atoms with Crippen LogP contribution in [0.15, 0.2) is 41.9 Å². The predicted octanol–water partition coefficient (Wildman–Crippen LogP) is 1.43. The van der Waals surface area contributed by atoms with E-state index >= 15 is 0 Å². The number of rotatable bonds is 4. The lowest BCUT2D eigenvalue weighted by Crippen LogP contribution is -2.53. The van der Waals surface area contributed by atoms with Crippen molar-refractivity contribution >= 4 is 35.6 Å². The molecule has 1 aliphatic heterocycles. The van der Waals surface area contributed by atoms with Gasteiger partial charge in [0.05, 0.1) is 12.2 Å². The van der Waals surface area contributed by atoms with Crippen LogP contribution in [0.3, 0.4) is 0 Å². The number of anilines is 1. The van der Waals surface area contributed by atoms with E-state index in [-0.39, 0.29) is 29.8 Å². The summed E-state index contributed by atoms with van der Waals surface area (Å²) in [5.41, 5.74) is 0.672. The number of aliphatic imine (C=N–C) groups is 1. The summed E-state index contributed by atoms with van der Waals surface area (Å²) in [4.78, 5) is 12.5. The highest BCUT2D eigenvalue weighted by Gasteiger charge is 2.21. The molecule has 2 aromatic rings. The first kappa shape index (κ1) is 19.4. The third-order valence-electron chi connectivity index (χ3n) is 4.07. The fraction of sp³-hybridized carbons (Fsp3) is 0.438. The van der Waals surface area contributed by atoms with Crippen molar-refractivity contribution in [3.8, 4) is 0 Å². The molecule has 0 radical (unpaired) electrons. The monoisotopic (exact) mass is 459 g/mol. The lowest BCUT2D eigenvalue weighted by atomic mass is 10.2. The Labute approximate surface area is 164 Å². The minimum absolute atomic E-state index is 0. The second kappa shape index (κ2) is 9.54. The quantitative estimate of drug-likeness (QED) is 0.426. The Morgan fingerprint density at radius 1 is 1.24 bits per heavy atom. The average molecular weight is 459 g/mol. The molecule has 1 N–H and O–H groups in total. The second-order valence-electron chi connectivity index (χ2n) is 5.56. The van der Waals surface area contributed by atoms with Crippen molar-refractivity contribution in [1.29, 1.82) is 0 Å². The first-order valence-electron chi connectivity index (χ1n) is 8.05. The Kier molecular flexibility index (Phi) is 7.41. The first-order valence-corrected chi connectivity index (χ1v) is 8.05. The van der Waals surface area contributed by atoms with Gasteiger partial charge in [-0.3, -0.25) is 9.67 Å². The smallest absolute Gasteiger partial charge is 0.193 e. The minimum Gasteiger partial charge on any atom is -0.366 e. The van der Waals surface area contributed by atoms with Gasteiger partial charge in [-0.2, -0.15) is 5.10 Å². The molecule has 0 bridgehead atoms. The number of aromatic nitrogens is 3. The van der Waals surface area contributed by atoms with Gasteiger partial charge in [0.2, 0.25) is 0 Å². The highest BCUT2D eigenvalue weighted by molar-refractivity contribution is 14.0. The van der Waals surface area contributed by atoms with Gasteiger partial charge in [-0.05, 0) is 12.1 Å². The molecule has 1 aromatic carbocycles. The zero-order chi connectivity index (χ0) is 16.8. The molecule has 0 aliphatic carbocycles. The number of benzene rings is 1. The van der Waals surface area contributed by atoms with Gasteiger partial charge in [0.15, 0.2) is 5.96 Å². The molecule has 1 aromatic heterocycles. The molecule has 1 aliphatic rings. The number of para-hydroxylation sites is 1. The maximum absolute atomic E-state index is 13.9. The molecule has 3 rings (SSSR count). The van der Waals surface area contributed by atoms with Crippen LogP contribution in [0.25, 0.3) is 0 Å². The summed E-state index contributed by atoms with van der Waals surface area (Å²) in [5, 5.41) is 7.41. The molecular formula is C16H23FIN7. The maximum Gasteiger partial charge on any atom is 0.193 e. The molecule has 0 saturated carbocycles. The van der Waals surface area contributed by atoms with Gasteiger partial charge in [-0.1, -0.05) is 12.1 Å². The van der Waals surface area contributed by atoms with E-state index in [1.807, 2.05) is 12.1 Å². The zero-order valence-corrected chi connectivity index (χ0v) is 16.5. The largest absolute Gasteiger partial charge is 0.366 e. The van der Waals surface area contributed by atoms with Crippen molar-refractivity contribution in [2.24, 2.45) is 4.99 Å². The van der Waals surface area contributed by atoms with Crippen molar-refractivity contribution in [1.82, 2.24) is 25.0 Å². The van der Waals surface area contributed by atoms with Gasteiger partial charge in [0.25, 0.3) is 0 Å². The van der Waals surface area contributed by atoms with Crippen LogP contribution in [0.1, 0.15) is 0 Å². The molecule has 0 unspecified atom stereocenters. The van der Waals surface area contributed by atoms with Crippen LogP contribution < -0.4 is 10.2 Å². The molecule has 1 saturated heterocycles. The van der Waals surface area contributed by atoms with E-state index < -0.39 is 0 Å². The van der Waals surface area contributed by atoms with Gasteiger partial charge in [-0.25, -0.2) is 9.37 Å². The Morgan fingerprint density at radius 3 is 2.64 bits per heavy atom. The van der Waals surface area contributed by atoms with Crippen LogP contribution in [0.4, 0.5) is 10.1 Å². The molecule has 25 heavy (non-hydrogen) atoms. The molecule has 2 heterocycles. The van der Waals surface area contributed by atoms with E-state index in [1.54, 1.807) is 24.1 Å². The second-order valence-corrected chi connectivity index (χ2v) is 5.56. The predicted molar refractivity (Wildman–Crippen MR) is 107 cm³/mol. The summed E-state index contributed by atoms with van der Waals surface area (Å²) in [5.74, 6) is 0.699. The Balaban J connectivity index is 0.00000225. The fourth-order valence-corrected chi connectivity index (χ4v) is 2.83. The van der Waals surface area contributed by atoms with E-state index in [4.69, 9.17) is 0 Å². The van der Waals surface area contributed by atoms with E-state index in [1.165, 1.54) is 12.4 Å². The number of nitrogens with zero attached hydrogens (tertiary/aromatic N) is 6. The molecule has 0 atom stereocenters. The summed E-state index contributed by atoms with van der Waals surface area (Å²) in [6, 6.07) is 6.92. The van der Waals surface area contributed by atoms with Gasteiger partial charge in [-0.15, -0.1) is 24.0 Å². The zero-order valence-electron chi connectivity index (χ0n) is 14.2. The molecule has 0 spiro atoms. The maximum atomic E-state index is 13.9. The number of guanidine groups is 1. The SMILES string of the molecule is CN=C(NCCn1cncn1)N1CCN(c2ccccc2F)CC1.I. The average Bonchev–Trinajstić information content (AvgIpc) is 3.13.